The molecule has 5 nitrogen and oxygen atoms in total. The van der Waals surface area contributed by atoms with Crippen molar-refractivity contribution in [2.24, 2.45) is 0 Å². The number of amides is 2. The first-order chi connectivity index (χ1) is 14.4. The molecule has 1 atom stereocenters. The maximum atomic E-state index is 13.2. The number of hydrogen-bond donors (Lipinski definition) is 1. The van der Waals surface area contributed by atoms with Gasteiger partial charge in [0.2, 0.25) is 11.8 Å². The molecule has 0 saturated carbocycles. The maximum absolute atomic E-state index is 13.2. The van der Waals surface area contributed by atoms with Crippen molar-refractivity contribution in [3.8, 4) is 5.75 Å². The van der Waals surface area contributed by atoms with E-state index in [0.717, 1.165) is 16.2 Å². The third kappa shape index (κ3) is 7.41. The third-order valence-electron chi connectivity index (χ3n) is 4.66. The lowest BCUT2D eigenvalue weighted by Crippen LogP contribution is -2.50. The van der Waals surface area contributed by atoms with Gasteiger partial charge in [0.15, 0.2) is 0 Å². The molecule has 6 heteroatoms. The first kappa shape index (κ1) is 23.8. The van der Waals surface area contributed by atoms with Gasteiger partial charge in [-0.25, -0.2) is 0 Å². The van der Waals surface area contributed by atoms with Crippen LogP contribution in [0.4, 0.5) is 0 Å². The van der Waals surface area contributed by atoms with Crippen LogP contribution in [0.1, 0.15) is 39.2 Å². The molecule has 1 N–H and O–H groups in total. The van der Waals surface area contributed by atoms with E-state index in [1.165, 1.54) is 0 Å². The molecule has 0 fully saturated rings. The number of carbonyl (C=O) groups is 2. The molecule has 0 radical (unpaired) electrons. The SMILES string of the molecule is CC[C@H](C(=O)NC(C)C)N(Cc1ccc(OC)cc1)C(=O)CCSc1ccccc1. The van der Waals surface area contributed by atoms with Crippen LogP contribution in [0.15, 0.2) is 59.5 Å². The van der Waals surface area contributed by atoms with Gasteiger partial charge < -0.3 is 15.0 Å². The third-order valence-corrected chi connectivity index (χ3v) is 5.67. The Kier molecular flexibility index (Phi) is 9.74. The fourth-order valence-electron chi connectivity index (χ4n) is 3.14. The summed E-state index contributed by atoms with van der Waals surface area (Å²) < 4.78 is 5.22. The average molecular weight is 429 g/mol. The lowest BCUT2D eigenvalue weighted by molar-refractivity contribution is -0.141. The Hall–Kier alpha value is -2.47. The summed E-state index contributed by atoms with van der Waals surface area (Å²) in [5.41, 5.74) is 0.968. The van der Waals surface area contributed by atoms with E-state index in [4.69, 9.17) is 4.74 Å². The molecule has 162 valence electrons. The molecular formula is C24H32N2O3S. The molecule has 2 aromatic carbocycles. The summed E-state index contributed by atoms with van der Waals surface area (Å²) in [7, 11) is 1.62. The summed E-state index contributed by atoms with van der Waals surface area (Å²) in [6.45, 7) is 6.19. The van der Waals surface area contributed by atoms with Gasteiger partial charge in [0.05, 0.1) is 7.11 Å². The van der Waals surface area contributed by atoms with Gasteiger partial charge in [0.25, 0.3) is 0 Å². The molecule has 0 aromatic heterocycles. The highest BCUT2D eigenvalue weighted by atomic mass is 32.2. The average Bonchev–Trinajstić information content (AvgIpc) is 2.74. The summed E-state index contributed by atoms with van der Waals surface area (Å²) in [4.78, 5) is 28.8. The monoisotopic (exact) mass is 428 g/mol. The number of hydrogen-bond acceptors (Lipinski definition) is 4. The predicted molar refractivity (Wildman–Crippen MR) is 123 cm³/mol. The number of ether oxygens (including phenoxy) is 1. The second kappa shape index (κ2) is 12.3. The number of carbonyl (C=O) groups excluding carboxylic acids is 2. The van der Waals surface area contributed by atoms with Gasteiger partial charge >= 0.3 is 0 Å². The van der Waals surface area contributed by atoms with E-state index < -0.39 is 6.04 Å². The van der Waals surface area contributed by atoms with Gasteiger partial charge in [-0.2, -0.15) is 0 Å². The fourth-order valence-corrected chi connectivity index (χ4v) is 4.01. The molecule has 0 aliphatic carbocycles. The molecule has 2 amide bonds. The second-order valence-corrected chi connectivity index (χ2v) is 8.54. The van der Waals surface area contributed by atoms with Crippen LogP contribution in [0, 0.1) is 0 Å². The Morgan fingerprint density at radius 2 is 1.73 bits per heavy atom. The molecule has 0 aliphatic rings. The molecule has 0 saturated heterocycles. The normalized spacial score (nSPS) is 11.8. The minimum atomic E-state index is -0.497. The van der Waals surface area contributed by atoms with Gasteiger partial charge in [-0.3, -0.25) is 9.59 Å². The van der Waals surface area contributed by atoms with Gasteiger partial charge in [0.1, 0.15) is 11.8 Å². The number of rotatable bonds is 11. The van der Waals surface area contributed by atoms with Crippen LogP contribution >= 0.6 is 11.8 Å². The van der Waals surface area contributed by atoms with Gasteiger partial charge in [-0.05, 0) is 50.1 Å². The van der Waals surface area contributed by atoms with E-state index in [9.17, 15) is 9.59 Å². The predicted octanol–water partition coefficient (Wildman–Crippen LogP) is 4.51. The van der Waals surface area contributed by atoms with E-state index >= 15 is 0 Å². The van der Waals surface area contributed by atoms with Gasteiger partial charge in [-0.15, -0.1) is 11.8 Å². The van der Waals surface area contributed by atoms with E-state index in [1.807, 2.05) is 75.4 Å². The fraction of sp³-hybridized carbons (Fsp3) is 0.417. The Morgan fingerprint density at radius 1 is 1.07 bits per heavy atom. The highest BCUT2D eigenvalue weighted by Gasteiger charge is 2.28. The summed E-state index contributed by atoms with van der Waals surface area (Å²) >= 11 is 1.65. The van der Waals surface area contributed by atoms with Crippen molar-refractivity contribution in [2.45, 2.75) is 57.1 Å². The molecule has 0 spiro atoms. The summed E-state index contributed by atoms with van der Waals surface area (Å²) in [5.74, 6) is 1.31. The van der Waals surface area contributed by atoms with Crippen molar-refractivity contribution in [1.29, 1.82) is 0 Å². The Labute approximate surface area is 184 Å². The van der Waals surface area contributed by atoms with Crippen molar-refractivity contribution in [2.75, 3.05) is 12.9 Å². The highest BCUT2D eigenvalue weighted by Crippen LogP contribution is 2.21. The quantitative estimate of drug-likeness (QED) is 0.535. The molecule has 2 rings (SSSR count). The highest BCUT2D eigenvalue weighted by molar-refractivity contribution is 7.99. The smallest absolute Gasteiger partial charge is 0.243 e. The van der Waals surface area contributed by atoms with Gasteiger partial charge in [-0.1, -0.05) is 37.3 Å². The number of nitrogens with one attached hydrogen (secondary N) is 1. The van der Waals surface area contributed by atoms with Crippen LogP contribution in [-0.4, -0.2) is 41.7 Å². The largest absolute Gasteiger partial charge is 0.497 e. The molecule has 0 bridgehead atoms. The van der Waals surface area contributed by atoms with Crippen LogP contribution in [0.5, 0.6) is 5.75 Å². The standard InChI is InChI=1S/C24H32N2O3S/c1-5-22(24(28)25-18(2)3)26(17-19-11-13-20(29-4)14-12-19)23(27)15-16-30-21-9-7-6-8-10-21/h6-14,18,22H,5,15-17H2,1-4H3,(H,25,28)/t22-/m1/s1. The topological polar surface area (TPSA) is 58.6 Å². The number of methoxy groups -OCH3 is 1. The zero-order valence-electron chi connectivity index (χ0n) is 18.3. The second-order valence-electron chi connectivity index (χ2n) is 7.37. The van der Waals surface area contributed by atoms with Crippen LogP contribution < -0.4 is 10.1 Å². The number of benzene rings is 2. The van der Waals surface area contributed by atoms with Crippen LogP contribution in [-0.2, 0) is 16.1 Å². The van der Waals surface area contributed by atoms with Crippen molar-refractivity contribution >= 4 is 23.6 Å². The van der Waals surface area contributed by atoms with Gasteiger partial charge in [0, 0.05) is 29.7 Å². The van der Waals surface area contributed by atoms with Crippen LogP contribution in [0.25, 0.3) is 0 Å². The lowest BCUT2D eigenvalue weighted by Gasteiger charge is -2.31. The van der Waals surface area contributed by atoms with Crippen LogP contribution in [0.3, 0.4) is 0 Å². The lowest BCUT2D eigenvalue weighted by atomic mass is 10.1. The Balaban J connectivity index is 2.12. The first-order valence-electron chi connectivity index (χ1n) is 10.3. The summed E-state index contributed by atoms with van der Waals surface area (Å²) in [6.07, 6.45) is 0.938. The zero-order chi connectivity index (χ0) is 21.9. The molecule has 2 aromatic rings. The maximum Gasteiger partial charge on any atom is 0.243 e. The molecule has 0 aliphatic heterocycles. The van der Waals surface area contributed by atoms with Crippen molar-refractivity contribution < 1.29 is 14.3 Å². The van der Waals surface area contributed by atoms with E-state index in [2.05, 4.69) is 5.32 Å². The molecular weight excluding hydrogens is 396 g/mol. The van der Waals surface area contributed by atoms with Crippen molar-refractivity contribution in [3.05, 3.63) is 60.2 Å². The van der Waals surface area contributed by atoms with Crippen LogP contribution in [0.2, 0.25) is 0 Å². The molecule has 0 unspecified atom stereocenters. The van der Waals surface area contributed by atoms with Crippen molar-refractivity contribution in [1.82, 2.24) is 10.2 Å². The van der Waals surface area contributed by atoms with Crippen molar-refractivity contribution in [3.63, 3.8) is 0 Å². The number of thioether (sulfide) groups is 1. The summed E-state index contributed by atoms with van der Waals surface area (Å²) in [6, 6.07) is 17.2. The van der Waals surface area contributed by atoms with E-state index in [-0.39, 0.29) is 17.9 Å². The molecule has 30 heavy (non-hydrogen) atoms. The summed E-state index contributed by atoms with van der Waals surface area (Å²) in [5, 5.41) is 2.96. The number of nitrogens with zero attached hydrogens (tertiary/aromatic N) is 1. The Morgan fingerprint density at radius 3 is 2.30 bits per heavy atom. The minimum absolute atomic E-state index is 0.0139. The minimum Gasteiger partial charge on any atom is -0.497 e. The first-order valence-corrected chi connectivity index (χ1v) is 11.3. The Bertz CT molecular complexity index is 794. The van der Waals surface area contributed by atoms with E-state index in [1.54, 1.807) is 23.8 Å². The van der Waals surface area contributed by atoms with E-state index in [0.29, 0.717) is 25.1 Å². The zero-order valence-corrected chi connectivity index (χ0v) is 19.1. The molecule has 0 heterocycles.